The lowest BCUT2D eigenvalue weighted by Gasteiger charge is -2.35. The highest BCUT2D eigenvalue weighted by molar-refractivity contribution is 6.72. The van der Waals surface area contributed by atoms with Crippen LogP contribution in [-0.4, -0.2) is 24.4 Å². The lowest BCUT2D eigenvalue weighted by atomic mass is 10.0. The van der Waals surface area contributed by atoms with Gasteiger partial charge in [-0.2, -0.15) is 0 Å². The molecule has 1 heterocycles. The number of aryl methyl sites for hydroxylation is 1. The van der Waals surface area contributed by atoms with Crippen LogP contribution in [0.5, 0.6) is 0 Å². The van der Waals surface area contributed by atoms with Crippen LogP contribution in [0, 0.1) is 0 Å². The van der Waals surface area contributed by atoms with Gasteiger partial charge in [0.1, 0.15) is 5.69 Å². The number of nitrogens with zero attached hydrogens (tertiary/aromatic N) is 1. The molecule has 1 aromatic rings. The number of pyridine rings is 1. The Morgan fingerprint density at radius 1 is 1.41 bits per heavy atom. The number of carbonyl (C=O) groups is 1. The molecule has 1 rings (SSSR count). The van der Waals surface area contributed by atoms with E-state index in [2.05, 4.69) is 18.8 Å². The number of rotatable bonds is 5. The maximum atomic E-state index is 10.5. The molecule has 0 fully saturated rings. The van der Waals surface area contributed by atoms with Crippen LogP contribution in [0.25, 0.3) is 0 Å². The molecule has 0 radical (unpaired) electrons. The number of aromatic nitrogens is 1. The molecule has 94 valence electrons. The number of hydrogen-bond acceptors (Lipinski definition) is 3. The maximum Gasteiger partial charge on any atom is 0.188 e. The number of aldehydes is 1. The summed E-state index contributed by atoms with van der Waals surface area (Å²) in [7, 11) is -2.13. The highest BCUT2D eigenvalue weighted by atomic mass is 28.4. The Kier molecular flexibility index (Phi) is 4.22. The average Bonchev–Trinajstić information content (AvgIpc) is 2.25. The average molecular weight is 251 g/mol. The molecule has 0 unspecified atom stereocenters. The molecule has 3 nitrogen and oxygen atoms in total. The summed E-state index contributed by atoms with van der Waals surface area (Å²) in [5, 5.41) is -0.0175. The Bertz CT molecular complexity index is 379. The van der Waals surface area contributed by atoms with E-state index >= 15 is 0 Å². The molecule has 0 saturated heterocycles. The van der Waals surface area contributed by atoms with Crippen LogP contribution in [0.2, 0.25) is 18.1 Å². The largest absolute Gasteiger partial charge is 0.432 e. The van der Waals surface area contributed by atoms with Gasteiger partial charge in [-0.05, 0) is 42.6 Å². The van der Waals surface area contributed by atoms with E-state index in [-0.39, 0.29) is 5.04 Å². The zero-order valence-corrected chi connectivity index (χ0v) is 12.0. The standard InChI is InChI=1S/C13H21NO2Si/c1-13(2,17(3,4)16)8-7-11-5-6-12(10-15)14-9-11/h5-6,9-10,16H,7-8H2,1-4H3. The van der Waals surface area contributed by atoms with Crippen molar-refractivity contribution in [1.29, 1.82) is 0 Å². The van der Waals surface area contributed by atoms with E-state index in [1.807, 2.05) is 19.2 Å². The van der Waals surface area contributed by atoms with E-state index in [0.29, 0.717) is 5.69 Å². The van der Waals surface area contributed by atoms with Crippen LogP contribution in [0.4, 0.5) is 0 Å². The van der Waals surface area contributed by atoms with Crippen LogP contribution < -0.4 is 0 Å². The fraction of sp³-hybridized carbons (Fsp3) is 0.538. The summed E-state index contributed by atoms with van der Waals surface area (Å²) < 4.78 is 0. The van der Waals surface area contributed by atoms with Gasteiger partial charge in [-0.1, -0.05) is 19.9 Å². The molecule has 1 N–H and O–H groups in total. The molecule has 0 atom stereocenters. The van der Waals surface area contributed by atoms with Gasteiger partial charge >= 0.3 is 0 Å². The van der Waals surface area contributed by atoms with Gasteiger partial charge in [-0.25, -0.2) is 0 Å². The maximum absolute atomic E-state index is 10.5. The first-order valence-electron chi connectivity index (χ1n) is 5.89. The Labute approximate surface area is 104 Å². The van der Waals surface area contributed by atoms with Crippen molar-refractivity contribution in [1.82, 2.24) is 4.98 Å². The van der Waals surface area contributed by atoms with Crippen LogP contribution in [-0.2, 0) is 6.42 Å². The molecule has 0 spiro atoms. The highest BCUT2D eigenvalue weighted by Gasteiger charge is 2.37. The molecule has 0 aliphatic heterocycles. The normalized spacial score (nSPS) is 12.5. The van der Waals surface area contributed by atoms with Crippen molar-refractivity contribution in [2.75, 3.05) is 0 Å². The first-order chi connectivity index (χ1) is 7.76. The van der Waals surface area contributed by atoms with Gasteiger partial charge in [0.2, 0.25) is 0 Å². The molecule has 0 aliphatic carbocycles. The first kappa shape index (κ1) is 14.1. The van der Waals surface area contributed by atoms with Crippen molar-refractivity contribution < 1.29 is 9.59 Å². The number of hydrogen-bond donors (Lipinski definition) is 1. The van der Waals surface area contributed by atoms with Gasteiger partial charge in [0.25, 0.3) is 0 Å². The zero-order chi connectivity index (χ0) is 13.1. The minimum atomic E-state index is -2.13. The summed E-state index contributed by atoms with van der Waals surface area (Å²) in [5.74, 6) is 0. The predicted octanol–water partition coefficient (Wildman–Crippen LogP) is 2.80. The minimum absolute atomic E-state index is 0.0175. The van der Waals surface area contributed by atoms with E-state index in [4.69, 9.17) is 0 Å². The Hall–Kier alpha value is -1.00. The monoisotopic (exact) mass is 251 g/mol. The van der Waals surface area contributed by atoms with E-state index in [1.165, 1.54) is 0 Å². The van der Waals surface area contributed by atoms with Crippen molar-refractivity contribution >= 4 is 14.6 Å². The van der Waals surface area contributed by atoms with Crippen molar-refractivity contribution in [2.45, 2.75) is 44.8 Å². The summed E-state index contributed by atoms with van der Waals surface area (Å²) >= 11 is 0. The second kappa shape index (κ2) is 5.10. The Balaban J connectivity index is 2.64. The lowest BCUT2D eigenvalue weighted by molar-refractivity contribution is 0.111. The van der Waals surface area contributed by atoms with Crippen molar-refractivity contribution in [3.63, 3.8) is 0 Å². The van der Waals surface area contributed by atoms with Crippen LogP contribution in [0.3, 0.4) is 0 Å². The summed E-state index contributed by atoms with van der Waals surface area (Å²) in [6, 6.07) is 3.66. The van der Waals surface area contributed by atoms with E-state index in [1.54, 1.807) is 12.3 Å². The summed E-state index contributed by atoms with van der Waals surface area (Å²) in [4.78, 5) is 24.7. The van der Waals surface area contributed by atoms with Crippen molar-refractivity contribution in [3.8, 4) is 0 Å². The Morgan fingerprint density at radius 2 is 2.06 bits per heavy atom. The second-order valence-electron chi connectivity index (χ2n) is 5.65. The quantitative estimate of drug-likeness (QED) is 0.646. The zero-order valence-electron chi connectivity index (χ0n) is 11.0. The van der Waals surface area contributed by atoms with E-state index in [9.17, 15) is 9.59 Å². The molecular formula is C13H21NO2Si. The SMILES string of the molecule is CC(C)(CCc1ccc(C=O)nc1)[Si](C)(C)O. The highest BCUT2D eigenvalue weighted by Crippen LogP contribution is 2.39. The molecular weight excluding hydrogens is 230 g/mol. The van der Waals surface area contributed by atoms with E-state index < -0.39 is 8.32 Å². The smallest absolute Gasteiger partial charge is 0.188 e. The van der Waals surface area contributed by atoms with Crippen molar-refractivity contribution in [3.05, 3.63) is 29.6 Å². The molecule has 1 aromatic heterocycles. The van der Waals surface area contributed by atoms with Gasteiger partial charge in [-0.3, -0.25) is 9.78 Å². The van der Waals surface area contributed by atoms with E-state index in [0.717, 1.165) is 24.7 Å². The Morgan fingerprint density at radius 3 is 2.47 bits per heavy atom. The molecule has 0 bridgehead atoms. The van der Waals surface area contributed by atoms with Gasteiger partial charge in [0, 0.05) is 6.20 Å². The fourth-order valence-corrected chi connectivity index (χ4v) is 2.15. The third-order valence-corrected chi connectivity index (χ3v) is 7.23. The summed E-state index contributed by atoms with van der Waals surface area (Å²) in [6.07, 6.45) is 4.31. The first-order valence-corrected chi connectivity index (χ1v) is 8.83. The minimum Gasteiger partial charge on any atom is -0.432 e. The van der Waals surface area contributed by atoms with Gasteiger partial charge in [-0.15, -0.1) is 0 Å². The van der Waals surface area contributed by atoms with Crippen molar-refractivity contribution in [2.24, 2.45) is 0 Å². The van der Waals surface area contributed by atoms with Gasteiger partial charge in [0.15, 0.2) is 14.6 Å². The lowest BCUT2D eigenvalue weighted by Crippen LogP contribution is -2.39. The molecule has 0 saturated carbocycles. The predicted molar refractivity (Wildman–Crippen MR) is 71.7 cm³/mol. The molecule has 17 heavy (non-hydrogen) atoms. The molecule has 0 aliphatic rings. The van der Waals surface area contributed by atoms with Crippen LogP contribution in [0.1, 0.15) is 36.3 Å². The summed E-state index contributed by atoms with van der Waals surface area (Å²) in [5.41, 5.74) is 1.58. The van der Waals surface area contributed by atoms with Crippen LogP contribution in [0.15, 0.2) is 18.3 Å². The van der Waals surface area contributed by atoms with Gasteiger partial charge < -0.3 is 4.80 Å². The summed E-state index contributed by atoms with van der Waals surface area (Å²) in [6.45, 7) is 8.18. The third kappa shape index (κ3) is 3.75. The molecule has 0 aromatic carbocycles. The number of carbonyl (C=O) groups excluding carboxylic acids is 1. The third-order valence-electron chi connectivity index (χ3n) is 3.66. The van der Waals surface area contributed by atoms with Crippen LogP contribution >= 0.6 is 0 Å². The topological polar surface area (TPSA) is 50.2 Å². The second-order valence-corrected chi connectivity index (χ2v) is 10.1. The molecule has 4 heteroatoms. The fourth-order valence-electron chi connectivity index (χ4n) is 1.42. The van der Waals surface area contributed by atoms with Gasteiger partial charge in [0.05, 0.1) is 0 Å². The molecule has 0 amide bonds.